The highest BCUT2D eigenvalue weighted by Gasteiger charge is 2.51. The first-order valence-corrected chi connectivity index (χ1v) is 6.14. The lowest BCUT2D eigenvalue weighted by atomic mass is 9.92. The van der Waals surface area contributed by atoms with Crippen molar-refractivity contribution in [3.8, 4) is 0 Å². The molecule has 0 saturated carbocycles. The first-order chi connectivity index (χ1) is 7.55. The van der Waals surface area contributed by atoms with Crippen LogP contribution in [0.25, 0.3) is 0 Å². The largest absolute Gasteiger partial charge is 0.480 e. The van der Waals surface area contributed by atoms with Gasteiger partial charge in [-0.05, 0) is 24.3 Å². The Kier molecular flexibility index (Phi) is 2.79. The van der Waals surface area contributed by atoms with E-state index in [0.717, 1.165) is 16.4 Å². The Bertz CT molecular complexity index is 351. The molecule has 88 valence electrons. The number of amides is 3. The Labute approximate surface area is 96.4 Å². The summed E-state index contributed by atoms with van der Waals surface area (Å²) in [6.45, 7) is -0.556. The minimum Gasteiger partial charge on any atom is -0.480 e. The zero-order chi connectivity index (χ0) is 11.8. The molecule has 0 aromatic carbocycles. The summed E-state index contributed by atoms with van der Waals surface area (Å²) >= 11 is 1.74. The van der Waals surface area contributed by atoms with Crippen molar-refractivity contribution < 1.29 is 19.5 Å². The second-order valence-electron chi connectivity index (χ2n) is 3.91. The van der Waals surface area contributed by atoms with Gasteiger partial charge in [0.2, 0.25) is 0 Å². The number of carboxylic acid groups (broad SMARTS) is 1. The molecule has 0 bridgehead atoms. The molecule has 2 saturated heterocycles. The van der Waals surface area contributed by atoms with Gasteiger partial charge in [-0.2, -0.15) is 11.8 Å². The van der Waals surface area contributed by atoms with Crippen LogP contribution < -0.4 is 5.32 Å². The lowest BCUT2D eigenvalue weighted by molar-refractivity contribution is -0.142. The van der Waals surface area contributed by atoms with Gasteiger partial charge in [-0.3, -0.25) is 14.5 Å². The van der Waals surface area contributed by atoms with Gasteiger partial charge in [-0.1, -0.05) is 0 Å². The first kappa shape index (κ1) is 11.3. The van der Waals surface area contributed by atoms with Crippen LogP contribution in [0.3, 0.4) is 0 Å². The van der Waals surface area contributed by atoms with Gasteiger partial charge in [0, 0.05) is 0 Å². The molecule has 2 rings (SSSR count). The number of carbonyl (C=O) groups is 3. The van der Waals surface area contributed by atoms with Crippen LogP contribution in [0.1, 0.15) is 12.8 Å². The lowest BCUT2D eigenvalue weighted by Gasteiger charge is -2.30. The van der Waals surface area contributed by atoms with E-state index in [9.17, 15) is 14.4 Å². The molecule has 2 aliphatic heterocycles. The summed E-state index contributed by atoms with van der Waals surface area (Å²) < 4.78 is 0. The maximum atomic E-state index is 12.0. The number of aliphatic carboxylic acids is 1. The Hall–Kier alpha value is -1.24. The fourth-order valence-corrected chi connectivity index (χ4v) is 3.20. The number of rotatable bonds is 2. The van der Waals surface area contributed by atoms with Crippen LogP contribution in [0.2, 0.25) is 0 Å². The van der Waals surface area contributed by atoms with E-state index in [1.807, 2.05) is 0 Å². The average molecular weight is 244 g/mol. The van der Waals surface area contributed by atoms with Crippen LogP contribution in [-0.2, 0) is 9.59 Å². The summed E-state index contributed by atoms with van der Waals surface area (Å²) in [7, 11) is 0. The van der Waals surface area contributed by atoms with Gasteiger partial charge >= 0.3 is 12.0 Å². The van der Waals surface area contributed by atoms with Gasteiger partial charge in [-0.15, -0.1) is 0 Å². The number of thioether (sulfide) groups is 1. The fourth-order valence-electron chi connectivity index (χ4n) is 2.01. The zero-order valence-corrected chi connectivity index (χ0v) is 9.38. The molecule has 2 aliphatic rings. The highest BCUT2D eigenvalue weighted by molar-refractivity contribution is 7.99. The number of urea groups is 1. The number of carbonyl (C=O) groups excluding carboxylic acids is 2. The number of hydrogen-bond acceptors (Lipinski definition) is 4. The molecule has 0 aliphatic carbocycles. The third kappa shape index (κ3) is 1.75. The molecule has 2 heterocycles. The molecule has 7 heteroatoms. The van der Waals surface area contributed by atoms with E-state index in [0.29, 0.717) is 12.8 Å². The van der Waals surface area contributed by atoms with Crippen LogP contribution in [0.5, 0.6) is 0 Å². The van der Waals surface area contributed by atoms with Gasteiger partial charge in [0.25, 0.3) is 5.91 Å². The Morgan fingerprint density at radius 2 is 2.06 bits per heavy atom. The van der Waals surface area contributed by atoms with E-state index < -0.39 is 24.1 Å². The van der Waals surface area contributed by atoms with Gasteiger partial charge < -0.3 is 10.4 Å². The highest BCUT2D eigenvalue weighted by atomic mass is 32.2. The van der Waals surface area contributed by atoms with Crippen molar-refractivity contribution in [1.29, 1.82) is 0 Å². The van der Waals surface area contributed by atoms with E-state index in [-0.39, 0.29) is 5.91 Å². The molecule has 2 N–H and O–H groups in total. The van der Waals surface area contributed by atoms with Gasteiger partial charge in [0.1, 0.15) is 12.1 Å². The molecule has 0 aromatic heterocycles. The van der Waals surface area contributed by atoms with Crippen molar-refractivity contribution in [2.45, 2.75) is 18.4 Å². The highest BCUT2D eigenvalue weighted by Crippen LogP contribution is 2.32. The predicted molar refractivity (Wildman–Crippen MR) is 57.2 cm³/mol. The van der Waals surface area contributed by atoms with Crippen molar-refractivity contribution in [2.24, 2.45) is 0 Å². The molecular formula is C9H12N2O4S. The van der Waals surface area contributed by atoms with Gasteiger partial charge in [0.15, 0.2) is 0 Å². The van der Waals surface area contributed by atoms with Crippen molar-refractivity contribution in [3.05, 3.63) is 0 Å². The standard InChI is InChI=1S/C9H12N2O4S/c12-6(13)5-11-7(14)9(10-8(11)15)1-3-16-4-2-9/h1-5H2,(H,10,15)(H,12,13). The molecule has 2 fully saturated rings. The van der Waals surface area contributed by atoms with Crippen molar-refractivity contribution in [2.75, 3.05) is 18.1 Å². The molecule has 0 radical (unpaired) electrons. The monoisotopic (exact) mass is 244 g/mol. The Morgan fingerprint density at radius 3 is 2.62 bits per heavy atom. The normalized spacial score (nSPS) is 23.6. The predicted octanol–water partition coefficient (Wildman–Crippen LogP) is -0.111. The van der Waals surface area contributed by atoms with Crippen LogP contribution in [0.4, 0.5) is 4.79 Å². The fraction of sp³-hybridized carbons (Fsp3) is 0.667. The number of nitrogens with zero attached hydrogens (tertiary/aromatic N) is 1. The third-order valence-corrected chi connectivity index (χ3v) is 3.87. The van der Waals surface area contributed by atoms with Crippen LogP contribution in [-0.4, -0.2) is 51.5 Å². The summed E-state index contributed by atoms with van der Waals surface area (Å²) in [5, 5.41) is 11.3. The van der Waals surface area contributed by atoms with E-state index in [2.05, 4.69) is 5.32 Å². The number of hydrogen-bond donors (Lipinski definition) is 2. The summed E-state index contributed by atoms with van der Waals surface area (Å²) in [4.78, 5) is 34.8. The summed E-state index contributed by atoms with van der Waals surface area (Å²) in [6.07, 6.45) is 1.16. The van der Waals surface area contributed by atoms with E-state index in [4.69, 9.17) is 5.11 Å². The van der Waals surface area contributed by atoms with E-state index in [1.165, 1.54) is 0 Å². The van der Waals surface area contributed by atoms with Gasteiger partial charge in [-0.25, -0.2) is 4.79 Å². The van der Waals surface area contributed by atoms with Gasteiger partial charge in [0.05, 0.1) is 0 Å². The van der Waals surface area contributed by atoms with Crippen molar-refractivity contribution in [3.63, 3.8) is 0 Å². The smallest absolute Gasteiger partial charge is 0.325 e. The van der Waals surface area contributed by atoms with Crippen LogP contribution >= 0.6 is 11.8 Å². The first-order valence-electron chi connectivity index (χ1n) is 4.99. The van der Waals surface area contributed by atoms with E-state index >= 15 is 0 Å². The van der Waals surface area contributed by atoms with E-state index in [1.54, 1.807) is 11.8 Å². The molecule has 0 aromatic rings. The number of carboxylic acids is 1. The van der Waals surface area contributed by atoms with Crippen molar-refractivity contribution in [1.82, 2.24) is 10.2 Å². The minimum atomic E-state index is -1.18. The maximum absolute atomic E-state index is 12.0. The topological polar surface area (TPSA) is 86.7 Å². The summed E-state index contributed by atoms with van der Waals surface area (Å²) in [5.41, 5.74) is -0.836. The van der Waals surface area contributed by atoms with Crippen LogP contribution in [0.15, 0.2) is 0 Å². The number of imide groups is 1. The molecule has 6 nitrogen and oxygen atoms in total. The molecule has 16 heavy (non-hydrogen) atoms. The average Bonchev–Trinajstić information content (AvgIpc) is 2.44. The Morgan fingerprint density at radius 1 is 1.44 bits per heavy atom. The number of nitrogens with one attached hydrogen (secondary N) is 1. The maximum Gasteiger partial charge on any atom is 0.325 e. The summed E-state index contributed by atoms with van der Waals surface area (Å²) in [5.74, 6) is 0.0609. The molecule has 0 atom stereocenters. The quantitative estimate of drug-likeness (QED) is 0.662. The van der Waals surface area contributed by atoms with Crippen molar-refractivity contribution >= 4 is 29.7 Å². The second kappa shape index (κ2) is 3.97. The molecular weight excluding hydrogens is 232 g/mol. The lowest BCUT2D eigenvalue weighted by Crippen LogP contribution is -2.49. The minimum absolute atomic E-state index is 0.389. The molecule has 1 spiro atoms. The third-order valence-electron chi connectivity index (χ3n) is 2.89. The SMILES string of the molecule is O=C(O)CN1C(=O)NC2(CCSCC2)C1=O. The zero-order valence-electron chi connectivity index (χ0n) is 8.56. The molecule has 3 amide bonds. The second-order valence-corrected chi connectivity index (χ2v) is 5.13. The van der Waals surface area contributed by atoms with Crippen LogP contribution in [0, 0.1) is 0 Å². The summed E-state index contributed by atoms with van der Waals surface area (Å²) in [6, 6.07) is -0.584. The molecule has 0 unspecified atom stereocenters. The Balaban J connectivity index is 2.17.